The molecular weight excluding hydrogens is 272 g/mol. The third kappa shape index (κ3) is 2.83. The van der Waals surface area contributed by atoms with Crippen LogP contribution in [0.4, 0.5) is 4.79 Å². The van der Waals surface area contributed by atoms with Crippen molar-refractivity contribution in [2.45, 2.75) is 50.8 Å². The van der Waals surface area contributed by atoms with Crippen molar-refractivity contribution in [3.63, 3.8) is 0 Å². The molecule has 2 saturated heterocycles. The fourth-order valence-electron chi connectivity index (χ4n) is 3.19. The average molecular weight is 294 g/mol. The van der Waals surface area contributed by atoms with E-state index in [1.165, 1.54) is 5.56 Å². The lowest BCUT2D eigenvalue weighted by Crippen LogP contribution is -2.47. The van der Waals surface area contributed by atoms with Crippen LogP contribution in [0.3, 0.4) is 0 Å². The van der Waals surface area contributed by atoms with Crippen LogP contribution in [0, 0.1) is 0 Å². The van der Waals surface area contributed by atoms with Crippen LogP contribution < -0.4 is 5.32 Å². The molecule has 3 rings (SSSR count). The molecule has 3 heterocycles. The Hall–Kier alpha value is -1.07. The molecule has 3 atom stereocenters. The van der Waals surface area contributed by atoms with Crippen molar-refractivity contribution in [3.05, 3.63) is 22.4 Å². The number of ether oxygens (including phenoxy) is 1. The Morgan fingerprint density at radius 3 is 3.10 bits per heavy atom. The Bertz CT molecular complexity index is 443. The first-order chi connectivity index (χ1) is 9.75. The second-order valence-corrected chi connectivity index (χ2v) is 6.48. The Balaban J connectivity index is 1.61. The highest BCUT2D eigenvalue weighted by Gasteiger charge is 2.32. The zero-order valence-electron chi connectivity index (χ0n) is 11.9. The fraction of sp³-hybridized carbons (Fsp3) is 0.667. The number of carbonyl (C=O) groups excluding carboxylic acids is 1. The summed E-state index contributed by atoms with van der Waals surface area (Å²) in [5.74, 6) is 0. The number of rotatable bonds is 3. The van der Waals surface area contributed by atoms with Gasteiger partial charge in [0.1, 0.15) is 0 Å². The summed E-state index contributed by atoms with van der Waals surface area (Å²) in [4.78, 5) is 14.5. The van der Waals surface area contributed by atoms with Gasteiger partial charge in [-0.1, -0.05) is 0 Å². The van der Waals surface area contributed by atoms with Gasteiger partial charge in [-0.2, -0.15) is 11.3 Å². The molecule has 0 aliphatic carbocycles. The Kier molecular flexibility index (Phi) is 4.27. The monoisotopic (exact) mass is 294 g/mol. The van der Waals surface area contributed by atoms with E-state index >= 15 is 0 Å². The van der Waals surface area contributed by atoms with Crippen molar-refractivity contribution in [2.24, 2.45) is 0 Å². The van der Waals surface area contributed by atoms with Crippen molar-refractivity contribution in [1.29, 1.82) is 0 Å². The lowest BCUT2D eigenvalue weighted by Gasteiger charge is -2.28. The summed E-state index contributed by atoms with van der Waals surface area (Å²) in [5.41, 5.74) is 1.27. The molecule has 1 aromatic rings. The SMILES string of the molecule is C[C@H](NC(=O)N1CCC[C@@H]1c1ccsc1)[C@H]1CCCO1. The lowest BCUT2D eigenvalue weighted by atomic mass is 10.1. The molecule has 5 heteroatoms. The van der Waals surface area contributed by atoms with E-state index in [4.69, 9.17) is 4.74 Å². The third-order valence-corrected chi connectivity index (χ3v) is 5.02. The number of amides is 2. The van der Waals surface area contributed by atoms with Crippen LogP contribution in [-0.4, -0.2) is 36.2 Å². The summed E-state index contributed by atoms with van der Waals surface area (Å²) < 4.78 is 5.65. The number of thiophene rings is 1. The number of likely N-dealkylation sites (tertiary alicyclic amines) is 1. The fourth-order valence-corrected chi connectivity index (χ4v) is 3.90. The molecule has 2 fully saturated rings. The molecule has 2 amide bonds. The molecule has 1 aromatic heterocycles. The summed E-state index contributed by atoms with van der Waals surface area (Å²) in [6.07, 6.45) is 4.49. The van der Waals surface area contributed by atoms with Crippen molar-refractivity contribution in [1.82, 2.24) is 10.2 Å². The number of nitrogens with one attached hydrogen (secondary N) is 1. The van der Waals surface area contributed by atoms with E-state index in [9.17, 15) is 4.79 Å². The summed E-state index contributed by atoms with van der Waals surface area (Å²) in [5, 5.41) is 7.36. The van der Waals surface area contributed by atoms with Crippen LogP contribution >= 0.6 is 11.3 Å². The van der Waals surface area contributed by atoms with E-state index in [1.807, 2.05) is 11.8 Å². The van der Waals surface area contributed by atoms with Gasteiger partial charge in [-0.3, -0.25) is 0 Å². The quantitative estimate of drug-likeness (QED) is 0.930. The van der Waals surface area contributed by atoms with Gasteiger partial charge in [-0.25, -0.2) is 4.79 Å². The zero-order valence-corrected chi connectivity index (χ0v) is 12.7. The van der Waals surface area contributed by atoms with Gasteiger partial charge >= 0.3 is 6.03 Å². The van der Waals surface area contributed by atoms with E-state index in [0.29, 0.717) is 0 Å². The first-order valence-corrected chi connectivity index (χ1v) is 8.41. The highest BCUT2D eigenvalue weighted by molar-refractivity contribution is 7.07. The number of carbonyl (C=O) groups is 1. The predicted octanol–water partition coefficient (Wildman–Crippen LogP) is 3.16. The van der Waals surface area contributed by atoms with E-state index in [1.54, 1.807) is 11.3 Å². The predicted molar refractivity (Wildman–Crippen MR) is 80.0 cm³/mol. The second-order valence-electron chi connectivity index (χ2n) is 5.70. The minimum Gasteiger partial charge on any atom is -0.376 e. The molecule has 0 radical (unpaired) electrons. The van der Waals surface area contributed by atoms with Crippen LogP contribution in [0.1, 0.15) is 44.2 Å². The molecule has 0 bridgehead atoms. The van der Waals surface area contributed by atoms with E-state index in [2.05, 4.69) is 22.1 Å². The molecular formula is C15H22N2O2S. The molecule has 2 aliphatic heterocycles. The van der Waals surface area contributed by atoms with Gasteiger partial charge in [-0.05, 0) is 55.0 Å². The first-order valence-electron chi connectivity index (χ1n) is 7.46. The summed E-state index contributed by atoms with van der Waals surface area (Å²) in [6, 6.07) is 2.53. The van der Waals surface area contributed by atoms with Crippen molar-refractivity contribution in [3.8, 4) is 0 Å². The summed E-state index contributed by atoms with van der Waals surface area (Å²) >= 11 is 1.70. The Morgan fingerprint density at radius 1 is 1.50 bits per heavy atom. The van der Waals surface area contributed by atoms with Crippen LogP contribution in [0.5, 0.6) is 0 Å². The topological polar surface area (TPSA) is 41.6 Å². The zero-order chi connectivity index (χ0) is 13.9. The van der Waals surface area contributed by atoms with Gasteiger partial charge in [0, 0.05) is 13.2 Å². The molecule has 4 nitrogen and oxygen atoms in total. The summed E-state index contributed by atoms with van der Waals surface area (Å²) in [7, 11) is 0. The molecule has 0 spiro atoms. The largest absolute Gasteiger partial charge is 0.376 e. The highest BCUT2D eigenvalue weighted by atomic mass is 32.1. The number of hydrogen-bond donors (Lipinski definition) is 1. The molecule has 2 aliphatic rings. The minimum atomic E-state index is 0.0571. The van der Waals surface area contributed by atoms with Gasteiger partial charge in [0.05, 0.1) is 18.2 Å². The van der Waals surface area contributed by atoms with E-state index in [0.717, 1.165) is 38.8 Å². The maximum atomic E-state index is 12.5. The Morgan fingerprint density at radius 2 is 2.40 bits per heavy atom. The standard InChI is InChI=1S/C15H22N2O2S/c1-11(14-5-3-8-19-14)16-15(18)17-7-2-4-13(17)12-6-9-20-10-12/h6,9-11,13-14H,2-5,7-8H2,1H3,(H,16,18)/t11-,13+,14+/m0/s1. The summed E-state index contributed by atoms with van der Waals surface area (Å²) in [6.45, 7) is 3.72. The average Bonchev–Trinajstić information content (AvgIpc) is 3.19. The van der Waals surface area contributed by atoms with Gasteiger partial charge in [0.25, 0.3) is 0 Å². The molecule has 20 heavy (non-hydrogen) atoms. The van der Waals surface area contributed by atoms with E-state index in [-0.39, 0.29) is 24.2 Å². The van der Waals surface area contributed by atoms with Gasteiger partial charge < -0.3 is 15.0 Å². The van der Waals surface area contributed by atoms with Gasteiger partial charge in [-0.15, -0.1) is 0 Å². The molecule has 1 N–H and O–H groups in total. The van der Waals surface area contributed by atoms with Crippen molar-refractivity contribution >= 4 is 17.4 Å². The molecule has 0 unspecified atom stereocenters. The van der Waals surface area contributed by atoms with Crippen LogP contribution in [0.15, 0.2) is 16.8 Å². The minimum absolute atomic E-state index is 0.0571. The molecule has 110 valence electrons. The normalized spacial score (nSPS) is 27.8. The van der Waals surface area contributed by atoms with Crippen LogP contribution in [-0.2, 0) is 4.74 Å². The number of hydrogen-bond acceptors (Lipinski definition) is 3. The highest BCUT2D eigenvalue weighted by Crippen LogP contribution is 2.33. The lowest BCUT2D eigenvalue weighted by molar-refractivity contribution is 0.0829. The Labute approximate surface area is 124 Å². The third-order valence-electron chi connectivity index (χ3n) is 4.32. The van der Waals surface area contributed by atoms with Crippen LogP contribution in [0.25, 0.3) is 0 Å². The van der Waals surface area contributed by atoms with E-state index < -0.39 is 0 Å². The van der Waals surface area contributed by atoms with Gasteiger partial charge in [0.15, 0.2) is 0 Å². The van der Waals surface area contributed by atoms with Crippen LogP contribution in [0.2, 0.25) is 0 Å². The van der Waals surface area contributed by atoms with Crippen molar-refractivity contribution < 1.29 is 9.53 Å². The smallest absolute Gasteiger partial charge is 0.318 e. The molecule has 0 saturated carbocycles. The number of nitrogens with zero attached hydrogens (tertiary/aromatic N) is 1. The maximum absolute atomic E-state index is 12.5. The van der Waals surface area contributed by atoms with Gasteiger partial charge in [0.2, 0.25) is 0 Å². The number of urea groups is 1. The first kappa shape index (κ1) is 13.9. The molecule has 0 aromatic carbocycles. The maximum Gasteiger partial charge on any atom is 0.318 e. The van der Waals surface area contributed by atoms with Crippen molar-refractivity contribution in [2.75, 3.05) is 13.2 Å². The second kappa shape index (κ2) is 6.14.